The maximum atomic E-state index is 11.9. The molecule has 0 aliphatic carbocycles. The summed E-state index contributed by atoms with van der Waals surface area (Å²) in [7, 11) is 0. The van der Waals surface area contributed by atoms with E-state index in [0.29, 0.717) is 11.9 Å². The van der Waals surface area contributed by atoms with Gasteiger partial charge in [0.2, 0.25) is 0 Å². The third kappa shape index (κ3) is 3.98. The topological polar surface area (TPSA) is 29.5 Å². The zero-order chi connectivity index (χ0) is 12.0. The summed E-state index contributed by atoms with van der Waals surface area (Å²) in [5, 5.41) is 0.627. The van der Waals surface area contributed by atoms with Crippen LogP contribution in [0.2, 0.25) is 0 Å². The van der Waals surface area contributed by atoms with E-state index in [4.69, 9.17) is 4.74 Å². The lowest BCUT2D eigenvalue weighted by molar-refractivity contribution is -0.149. The molecule has 0 N–H and O–H groups in total. The minimum absolute atomic E-state index is 0.0201. The van der Waals surface area contributed by atoms with Gasteiger partial charge in [-0.25, -0.2) is 0 Å². The summed E-state index contributed by atoms with van der Waals surface area (Å²) < 4.78 is 5.16. The van der Waals surface area contributed by atoms with Crippen LogP contribution >= 0.6 is 11.8 Å². The van der Waals surface area contributed by atoms with Crippen LogP contribution < -0.4 is 0 Å². The lowest BCUT2D eigenvalue weighted by atomic mass is 10.1. The second kappa shape index (κ2) is 7.17. The number of esters is 1. The first-order valence-electron chi connectivity index (χ1n) is 6.21. The third-order valence-corrected chi connectivity index (χ3v) is 3.97. The number of thioether (sulfide) groups is 1. The minimum atomic E-state index is -0.0385. The van der Waals surface area contributed by atoms with Gasteiger partial charge in [-0.15, -0.1) is 0 Å². The van der Waals surface area contributed by atoms with Gasteiger partial charge in [-0.1, -0.05) is 20.3 Å². The summed E-state index contributed by atoms with van der Waals surface area (Å²) >= 11 is 1.99. The SMILES string of the molecule is CCCC(C(=O)OCC)N1CCSC(C)C1. The van der Waals surface area contributed by atoms with Crippen molar-refractivity contribution in [1.82, 2.24) is 4.90 Å². The Labute approximate surface area is 103 Å². The van der Waals surface area contributed by atoms with Gasteiger partial charge in [0.15, 0.2) is 0 Å². The molecular weight excluding hydrogens is 222 g/mol. The number of carbonyl (C=O) groups excluding carboxylic acids is 1. The number of ether oxygens (including phenoxy) is 1. The van der Waals surface area contributed by atoms with Crippen LogP contribution in [0, 0.1) is 0 Å². The van der Waals surface area contributed by atoms with E-state index in [-0.39, 0.29) is 12.0 Å². The summed E-state index contributed by atoms with van der Waals surface area (Å²) in [6.45, 7) is 8.72. The molecule has 1 heterocycles. The molecule has 16 heavy (non-hydrogen) atoms. The lowest BCUT2D eigenvalue weighted by Gasteiger charge is -2.35. The largest absolute Gasteiger partial charge is 0.465 e. The molecule has 0 aromatic carbocycles. The molecule has 1 saturated heterocycles. The first kappa shape index (κ1) is 13.8. The van der Waals surface area contributed by atoms with Crippen LogP contribution in [-0.4, -0.2) is 47.6 Å². The zero-order valence-electron chi connectivity index (χ0n) is 10.6. The fourth-order valence-corrected chi connectivity index (χ4v) is 3.13. The summed E-state index contributed by atoms with van der Waals surface area (Å²) in [5.74, 6) is 1.09. The highest BCUT2D eigenvalue weighted by Gasteiger charge is 2.29. The van der Waals surface area contributed by atoms with Crippen LogP contribution in [0.15, 0.2) is 0 Å². The summed E-state index contributed by atoms with van der Waals surface area (Å²) in [5.41, 5.74) is 0. The maximum Gasteiger partial charge on any atom is 0.323 e. The van der Waals surface area contributed by atoms with Crippen LogP contribution in [0.5, 0.6) is 0 Å². The molecule has 2 unspecified atom stereocenters. The van der Waals surface area contributed by atoms with E-state index in [1.807, 2.05) is 18.7 Å². The Morgan fingerprint density at radius 3 is 2.88 bits per heavy atom. The summed E-state index contributed by atoms with van der Waals surface area (Å²) in [6, 6.07) is -0.0201. The van der Waals surface area contributed by atoms with Gasteiger partial charge >= 0.3 is 5.97 Å². The normalized spacial score (nSPS) is 24.1. The van der Waals surface area contributed by atoms with Gasteiger partial charge in [0.1, 0.15) is 6.04 Å². The third-order valence-electron chi connectivity index (χ3n) is 2.83. The molecule has 0 amide bonds. The van der Waals surface area contributed by atoms with E-state index in [1.54, 1.807) is 0 Å². The van der Waals surface area contributed by atoms with Crippen molar-refractivity contribution in [3.05, 3.63) is 0 Å². The molecule has 1 aliphatic rings. The van der Waals surface area contributed by atoms with Gasteiger partial charge in [-0.3, -0.25) is 9.69 Å². The Balaban J connectivity index is 2.56. The standard InChI is InChI=1S/C12H23NO2S/c1-4-6-11(12(14)15-5-2)13-7-8-16-10(3)9-13/h10-11H,4-9H2,1-3H3. The van der Waals surface area contributed by atoms with Gasteiger partial charge in [0, 0.05) is 24.1 Å². The van der Waals surface area contributed by atoms with Gasteiger partial charge in [0.25, 0.3) is 0 Å². The number of rotatable bonds is 5. The molecule has 0 aromatic rings. The number of carbonyl (C=O) groups is 1. The molecule has 3 nitrogen and oxygen atoms in total. The van der Waals surface area contributed by atoms with E-state index in [2.05, 4.69) is 18.7 Å². The lowest BCUT2D eigenvalue weighted by Crippen LogP contribution is -2.48. The fraction of sp³-hybridized carbons (Fsp3) is 0.917. The van der Waals surface area contributed by atoms with E-state index in [0.717, 1.165) is 31.7 Å². The second-order valence-corrected chi connectivity index (χ2v) is 5.78. The molecule has 4 heteroatoms. The van der Waals surface area contributed by atoms with Crippen molar-refractivity contribution in [1.29, 1.82) is 0 Å². The van der Waals surface area contributed by atoms with Gasteiger partial charge in [-0.2, -0.15) is 11.8 Å². The number of hydrogen-bond acceptors (Lipinski definition) is 4. The minimum Gasteiger partial charge on any atom is -0.465 e. The second-order valence-electron chi connectivity index (χ2n) is 4.23. The van der Waals surface area contributed by atoms with E-state index in [1.165, 1.54) is 0 Å². The van der Waals surface area contributed by atoms with Crippen molar-refractivity contribution in [3.8, 4) is 0 Å². The highest BCUT2D eigenvalue weighted by molar-refractivity contribution is 7.99. The molecule has 1 fully saturated rings. The van der Waals surface area contributed by atoms with Gasteiger partial charge < -0.3 is 4.74 Å². The first-order chi connectivity index (χ1) is 7.69. The van der Waals surface area contributed by atoms with Crippen LogP contribution in [0.25, 0.3) is 0 Å². The molecule has 1 aliphatic heterocycles. The monoisotopic (exact) mass is 245 g/mol. The van der Waals surface area contributed by atoms with E-state index >= 15 is 0 Å². The maximum absolute atomic E-state index is 11.9. The summed E-state index contributed by atoms with van der Waals surface area (Å²) in [6.07, 6.45) is 1.94. The average Bonchev–Trinajstić information content (AvgIpc) is 2.26. The molecule has 0 aromatic heterocycles. The van der Waals surface area contributed by atoms with Crippen molar-refractivity contribution < 1.29 is 9.53 Å². The molecular formula is C12H23NO2S. The number of hydrogen-bond donors (Lipinski definition) is 0. The molecule has 0 saturated carbocycles. The number of nitrogens with zero attached hydrogens (tertiary/aromatic N) is 1. The van der Waals surface area contributed by atoms with Crippen molar-refractivity contribution in [3.63, 3.8) is 0 Å². The Hall–Kier alpha value is -0.220. The van der Waals surface area contributed by atoms with E-state index in [9.17, 15) is 4.79 Å². The molecule has 0 spiro atoms. The predicted molar refractivity (Wildman–Crippen MR) is 68.8 cm³/mol. The van der Waals surface area contributed by atoms with Crippen molar-refractivity contribution in [2.75, 3.05) is 25.4 Å². The smallest absolute Gasteiger partial charge is 0.323 e. The van der Waals surface area contributed by atoms with Crippen LogP contribution in [-0.2, 0) is 9.53 Å². The van der Waals surface area contributed by atoms with Crippen LogP contribution in [0.1, 0.15) is 33.6 Å². The zero-order valence-corrected chi connectivity index (χ0v) is 11.4. The quantitative estimate of drug-likeness (QED) is 0.694. The molecule has 0 radical (unpaired) electrons. The van der Waals surface area contributed by atoms with Gasteiger partial charge in [0.05, 0.1) is 6.61 Å². The first-order valence-corrected chi connectivity index (χ1v) is 7.26. The average molecular weight is 245 g/mol. The fourth-order valence-electron chi connectivity index (χ4n) is 2.09. The molecule has 94 valence electrons. The Morgan fingerprint density at radius 2 is 2.31 bits per heavy atom. The highest BCUT2D eigenvalue weighted by atomic mass is 32.2. The molecule has 0 bridgehead atoms. The molecule has 2 atom stereocenters. The van der Waals surface area contributed by atoms with Crippen molar-refractivity contribution in [2.24, 2.45) is 0 Å². The molecule has 1 rings (SSSR count). The van der Waals surface area contributed by atoms with Crippen LogP contribution in [0.4, 0.5) is 0 Å². The highest BCUT2D eigenvalue weighted by Crippen LogP contribution is 2.21. The Bertz CT molecular complexity index is 223. The summed E-state index contributed by atoms with van der Waals surface area (Å²) in [4.78, 5) is 14.2. The van der Waals surface area contributed by atoms with Crippen LogP contribution in [0.3, 0.4) is 0 Å². The van der Waals surface area contributed by atoms with Gasteiger partial charge in [-0.05, 0) is 13.3 Å². The van der Waals surface area contributed by atoms with Crippen molar-refractivity contribution in [2.45, 2.75) is 44.9 Å². The Kier molecular flexibility index (Phi) is 6.21. The van der Waals surface area contributed by atoms with E-state index < -0.39 is 0 Å². The Morgan fingerprint density at radius 1 is 1.56 bits per heavy atom. The van der Waals surface area contributed by atoms with Crippen molar-refractivity contribution >= 4 is 17.7 Å². The predicted octanol–water partition coefficient (Wildman–Crippen LogP) is 2.16.